The lowest BCUT2D eigenvalue weighted by Crippen LogP contribution is -2.12. The maximum atomic E-state index is 12.1. The van der Waals surface area contributed by atoms with E-state index in [1.54, 1.807) is 42.5 Å². The maximum Gasteiger partial charge on any atom is 0.255 e. The molecular formula is C14H15N3O2. The van der Waals surface area contributed by atoms with Crippen molar-refractivity contribution in [2.24, 2.45) is 0 Å². The molecule has 0 aromatic heterocycles. The first-order valence-corrected chi connectivity index (χ1v) is 5.70. The van der Waals surface area contributed by atoms with Crippen LogP contribution in [0.15, 0.2) is 42.5 Å². The summed E-state index contributed by atoms with van der Waals surface area (Å²) in [6, 6.07) is 11.7. The highest BCUT2D eigenvalue weighted by Crippen LogP contribution is 2.27. The van der Waals surface area contributed by atoms with Crippen molar-refractivity contribution in [1.29, 1.82) is 0 Å². The zero-order chi connectivity index (χ0) is 13.8. The molecule has 0 aliphatic heterocycles. The lowest BCUT2D eigenvalue weighted by Gasteiger charge is -2.11. The van der Waals surface area contributed by atoms with Crippen LogP contribution in [0, 0.1) is 0 Å². The van der Waals surface area contributed by atoms with Crippen LogP contribution in [-0.4, -0.2) is 13.0 Å². The van der Waals surface area contributed by atoms with E-state index in [0.29, 0.717) is 28.4 Å². The second-order valence-corrected chi connectivity index (χ2v) is 4.04. The van der Waals surface area contributed by atoms with Crippen LogP contribution in [-0.2, 0) is 0 Å². The van der Waals surface area contributed by atoms with E-state index in [-0.39, 0.29) is 5.91 Å². The highest BCUT2D eigenvalue weighted by atomic mass is 16.5. The molecule has 98 valence electrons. The number of anilines is 3. The maximum absolute atomic E-state index is 12.1. The molecule has 2 rings (SSSR count). The van der Waals surface area contributed by atoms with E-state index < -0.39 is 0 Å². The molecule has 2 aromatic rings. The second-order valence-electron chi connectivity index (χ2n) is 4.04. The molecule has 0 bridgehead atoms. The predicted molar refractivity (Wildman–Crippen MR) is 76.2 cm³/mol. The summed E-state index contributed by atoms with van der Waals surface area (Å²) in [5, 5.41) is 2.75. The molecule has 0 atom stereocenters. The molecule has 5 nitrogen and oxygen atoms in total. The number of benzene rings is 2. The van der Waals surface area contributed by atoms with Crippen molar-refractivity contribution in [2.75, 3.05) is 23.9 Å². The number of amides is 1. The predicted octanol–water partition coefficient (Wildman–Crippen LogP) is 2.11. The van der Waals surface area contributed by atoms with Gasteiger partial charge >= 0.3 is 0 Å². The molecule has 0 unspecified atom stereocenters. The summed E-state index contributed by atoms with van der Waals surface area (Å²) >= 11 is 0. The Bertz CT molecular complexity index is 594. The topological polar surface area (TPSA) is 90.4 Å². The third-order valence-corrected chi connectivity index (χ3v) is 2.64. The molecule has 0 heterocycles. The monoisotopic (exact) mass is 257 g/mol. The van der Waals surface area contributed by atoms with Gasteiger partial charge in [-0.15, -0.1) is 0 Å². The van der Waals surface area contributed by atoms with Crippen LogP contribution in [0.3, 0.4) is 0 Å². The van der Waals surface area contributed by atoms with Gasteiger partial charge in [0, 0.05) is 16.9 Å². The molecule has 0 spiro atoms. The van der Waals surface area contributed by atoms with Gasteiger partial charge in [-0.1, -0.05) is 0 Å². The Kier molecular flexibility index (Phi) is 3.56. The molecule has 0 radical (unpaired) electrons. The van der Waals surface area contributed by atoms with E-state index >= 15 is 0 Å². The molecular weight excluding hydrogens is 242 g/mol. The van der Waals surface area contributed by atoms with Crippen molar-refractivity contribution in [3.63, 3.8) is 0 Å². The summed E-state index contributed by atoms with van der Waals surface area (Å²) < 4.78 is 5.17. The van der Waals surface area contributed by atoms with Crippen molar-refractivity contribution in [3.8, 4) is 5.75 Å². The Morgan fingerprint density at radius 2 is 1.68 bits per heavy atom. The molecule has 0 saturated heterocycles. The largest absolute Gasteiger partial charge is 0.495 e. The van der Waals surface area contributed by atoms with Crippen LogP contribution in [0.2, 0.25) is 0 Å². The van der Waals surface area contributed by atoms with E-state index in [9.17, 15) is 4.79 Å². The van der Waals surface area contributed by atoms with E-state index in [4.69, 9.17) is 16.2 Å². The zero-order valence-electron chi connectivity index (χ0n) is 10.5. The van der Waals surface area contributed by atoms with Gasteiger partial charge in [-0.2, -0.15) is 0 Å². The average Bonchev–Trinajstić information content (AvgIpc) is 2.39. The quantitative estimate of drug-likeness (QED) is 0.734. The van der Waals surface area contributed by atoms with Crippen LogP contribution in [0.4, 0.5) is 17.1 Å². The lowest BCUT2D eigenvalue weighted by atomic mass is 10.2. The van der Waals surface area contributed by atoms with Gasteiger partial charge in [0.1, 0.15) is 5.75 Å². The minimum atomic E-state index is -0.246. The first-order chi connectivity index (χ1) is 9.10. The summed E-state index contributed by atoms with van der Waals surface area (Å²) in [6.45, 7) is 0. The first kappa shape index (κ1) is 12.8. The van der Waals surface area contributed by atoms with Crippen molar-refractivity contribution >= 4 is 23.0 Å². The van der Waals surface area contributed by atoms with Crippen molar-refractivity contribution in [2.45, 2.75) is 0 Å². The summed E-state index contributed by atoms with van der Waals surface area (Å²) in [4.78, 5) is 12.1. The number of nitrogens with two attached hydrogens (primary N) is 2. The minimum Gasteiger partial charge on any atom is -0.495 e. The molecule has 5 N–H and O–H groups in total. The second kappa shape index (κ2) is 5.30. The van der Waals surface area contributed by atoms with Gasteiger partial charge in [-0.25, -0.2) is 0 Å². The number of nitrogen functional groups attached to an aromatic ring is 2. The first-order valence-electron chi connectivity index (χ1n) is 5.70. The smallest absolute Gasteiger partial charge is 0.255 e. The molecule has 0 saturated carbocycles. The number of hydrogen-bond acceptors (Lipinski definition) is 4. The van der Waals surface area contributed by atoms with Crippen molar-refractivity contribution < 1.29 is 9.53 Å². The van der Waals surface area contributed by atoms with Gasteiger partial charge in [0.25, 0.3) is 5.91 Å². The highest BCUT2D eigenvalue weighted by Gasteiger charge is 2.09. The van der Waals surface area contributed by atoms with Gasteiger partial charge in [0.2, 0.25) is 0 Å². The summed E-state index contributed by atoms with van der Waals surface area (Å²) in [7, 11) is 1.53. The van der Waals surface area contributed by atoms with Crippen LogP contribution >= 0.6 is 0 Å². The molecule has 5 heteroatoms. The Morgan fingerprint density at radius 1 is 1.05 bits per heavy atom. The van der Waals surface area contributed by atoms with Crippen LogP contribution < -0.4 is 21.5 Å². The van der Waals surface area contributed by atoms with Gasteiger partial charge in [-0.3, -0.25) is 4.79 Å². The number of carbonyl (C=O) groups is 1. The molecule has 0 fully saturated rings. The van der Waals surface area contributed by atoms with Crippen LogP contribution in [0.25, 0.3) is 0 Å². The zero-order valence-corrected chi connectivity index (χ0v) is 10.5. The van der Waals surface area contributed by atoms with Gasteiger partial charge in [0.05, 0.1) is 12.8 Å². The molecule has 0 aliphatic carbocycles. The number of nitrogens with one attached hydrogen (secondary N) is 1. The summed E-state index contributed by atoms with van der Waals surface area (Å²) in [6.07, 6.45) is 0. The van der Waals surface area contributed by atoms with E-state index in [1.165, 1.54) is 7.11 Å². The van der Waals surface area contributed by atoms with Gasteiger partial charge < -0.3 is 21.5 Å². The minimum absolute atomic E-state index is 0.246. The number of methoxy groups -OCH3 is 1. The number of hydrogen-bond donors (Lipinski definition) is 3. The lowest BCUT2D eigenvalue weighted by molar-refractivity contribution is 0.102. The fourth-order valence-electron chi connectivity index (χ4n) is 1.65. The Hall–Kier alpha value is -2.69. The SMILES string of the molecule is COc1ccc(N)cc1NC(=O)c1ccc(N)cc1. The fraction of sp³-hybridized carbons (Fsp3) is 0.0714. The highest BCUT2D eigenvalue weighted by molar-refractivity contribution is 6.05. The molecule has 0 aliphatic rings. The third kappa shape index (κ3) is 2.95. The normalized spacial score (nSPS) is 9.95. The summed E-state index contributed by atoms with van der Waals surface area (Å²) in [5.41, 5.74) is 13.5. The van der Waals surface area contributed by atoms with Crippen molar-refractivity contribution in [1.82, 2.24) is 0 Å². The van der Waals surface area contributed by atoms with E-state index in [1.807, 2.05) is 0 Å². The summed E-state index contributed by atoms with van der Waals surface area (Å²) in [5.74, 6) is 0.307. The Morgan fingerprint density at radius 3 is 2.32 bits per heavy atom. The number of ether oxygens (including phenoxy) is 1. The van der Waals surface area contributed by atoms with E-state index in [0.717, 1.165) is 0 Å². The standard InChI is InChI=1S/C14H15N3O2/c1-19-13-7-6-11(16)8-12(13)17-14(18)9-2-4-10(15)5-3-9/h2-8H,15-16H2,1H3,(H,17,18). The van der Waals surface area contributed by atoms with Gasteiger partial charge in [-0.05, 0) is 42.5 Å². The van der Waals surface area contributed by atoms with Gasteiger partial charge in [0.15, 0.2) is 0 Å². The number of carbonyl (C=O) groups excluding carboxylic acids is 1. The Balaban J connectivity index is 2.23. The third-order valence-electron chi connectivity index (χ3n) is 2.64. The molecule has 1 amide bonds. The average molecular weight is 257 g/mol. The number of rotatable bonds is 3. The van der Waals surface area contributed by atoms with Crippen molar-refractivity contribution in [3.05, 3.63) is 48.0 Å². The van der Waals surface area contributed by atoms with Crippen LogP contribution in [0.5, 0.6) is 5.75 Å². The fourth-order valence-corrected chi connectivity index (χ4v) is 1.65. The van der Waals surface area contributed by atoms with Crippen LogP contribution in [0.1, 0.15) is 10.4 Å². The molecule has 2 aromatic carbocycles. The molecule has 19 heavy (non-hydrogen) atoms. The van der Waals surface area contributed by atoms with E-state index in [2.05, 4.69) is 5.32 Å². The Labute approximate surface area is 111 Å².